The summed E-state index contributed by atoms with van der Waals surface area (Å²) in [6.07, 6.45) is 0.278. The van der Waals surface area contributed by atoms with E-state index in [4.69, 9.17) is 10.5 Å². The quantitative estimate of drug-likeness (QED) is 0.710. The fourth-order valence-electron chi connectivity index (χ4n) is 2.84. The zero-order valence-corrected chi connectivity index (χ0v) is 16.5. The van der Waals surface area contributed by atoms with Crippen LogP contribution in [0, 0.1) is 6.92 Å². The molecule has 0 atom stereocenters. The van der Waals surface area contributed by atoms with Gasteiger partial charge < -0.3 is 15.0 Å². The molecule has 0 spiro atoms. The number of nitrogens with zero attached hydrogens (tertiary/aromatic N) is 3. The van der Waals surface area contributed by atoms with Crippen molar-refractivity contribution >= 4 is 33.7 Å². The number of para-hydroxylation sites is 1. The fraction of sp³-hybridized carbons (Fsp3) is 0.450. The van der Waals surface area contributed by atoms with Gasteiger partial charge in [0.2, 0.25) is 0 Å². The maximum Gasteiger partial charge on any atom is 0.308 e. The van der Waals surface area contributed by atoms with Gasteiger partial charge in [0.1, 0.15) is 16.9 Å². The van der Waals surface area contributed by atoms with Gasteiger partial charge >= 0.3 is 5.97 Å². The molecule has 2 heterocycles. The maximum atomic E-state index is 12.0. The summed E-state index contributed by atoms with van der Waals surface area (Å²) in [4.78, 5) is 21.0. The molecule has 140 valence electrons. The number of aromatic nitrogens is 3. The first kappa shape index (κ1) is 19.7. The topological polar surface area (TPSA) is 83.0 Å². The van der Waals surface area contributed by atoms with Crippen molar-refractivity contribution in [1.29, 1.82) is 0 Å². The molecule has 0 saturated carbocycles. The first-order valence-electron chi connectivity index (χ1n) is 8.99. The van der Waals surface area contributed by atoms with Gasteiger partial charge in [-0.25, -0.2) is 9.97 Å². The average Bonchev–Trinajstić information content (AvgIpc) is 2.91. The molecule has 0 saturated heterocycles. The summed E-state index contributed by atoms with van der Waals surface area (Å²) in [5.41, 5.74) is 8.00. The Labute approximate surface area is 154 Å². The van der Waals surface area contributed by atoms with Crippen molar-refractivity contribution < 1.29 is 9.53 Å². The summed E-state index contributed by atoms with van der Waals surface area (Å²) in [5.74, 6) is 0.983. The monoisotopic (exact) mass is 356 g/mol. The standard InChI is InChI=1S/C18H22N4O2.C2H6/c1-11-20-15-16(12-7-5-6-8-13(12)21-17(15)19)22(11)10-9-14(23)24-18(2,3)4;1-2/h5-8H,9-10H2,1-4H3,(H2,19,21);1-2H3. The number of ether oxygens (including phenoxy) is 1. The predicted molar refractivity (Wildman–Crippen MR) is 106 cm³/mol. The number of aryl methyl sites for hydroxylation is 2. The van der Waals surface area contributed by atoms with Crippen molar-refractivity contribution in [3.05, 3.63) is 30.1 Å². The predicted octanol–water partition coefficient (Wildman–Crippen LogP) is 4.23. The Morgan fingerprint density at radius 2 is 1.85 bits per heavy atom. The van der Waals surface area contributed by atoms with E-state index in [0.29, 0.717) is 17.9 Å². The Kier molecular flexibility index (Phi) is 5.85. The van der Waals surface area contributed by atoms with Crippen LogP contribution in [0.3, 0.4) is 0 Å². The van der Waals surface area contributed by atoms with Crippen LogP contribution in [0.25, 0.3) is 21.9 Å². The molecule has 0 fully saturated rings. The largest absolute Gasteiger partial charge is 0.460 e. The number of hydrogen-bond acceptors (Lipinski definition) is 5. The van der Waals surface area contributed by atoms with E-state index >= 15 is 0 Å². The Bertz CT molecular complexity index is 923. The number of rotatable bonds is 3. The van der Waals surface area contributed by atoms with E-state index < -0.39 is 5.60 Å². The third-order valence-corrected chi connectivity index (χ3v) is 3.76. The lowest BCUT2D eigenvalue weighted by Crippen LogP contribution is -2.24. The van der Waals surface area contributed by atoms with Gasteiger partial charge in [-0.3, -0.25) is 4.79 Å². The minimum absolute atomic E-state index is 0.227. The number of carbonyl (C=O) groups excluding carboxylic acids is 1. The van der Waals surface area contributed by atoms with E-state index in [1.54, 1.807) is 0 Å². The van der Waals surface area contributed by atoms with Gasteiger partial charge in [-0.15, -0.1) is 0 Å². The number of nitrogens with two attached hydrogens (primary N) is 1. The van der Waals surface area contributed by atoms with Crippen LogP contribution in [0.1, 0.15) is 46.9 Å². The van der Waals surface area contributed by atoms with Crippen LogP contribution in [0.15, 0.2) is 24.3 Å². The minimum Gasteiger partial charge on any atom is -0.460 e. The maximum absolute atomic E-state index is 12.0. The highest BCUT2D eigenvalue weighted by Crippen LogP contribution is 2.28. The zero-order chi connectivity index (χ0) is 19.5. The van der Waals surface area contributed by atoms with Crippen LogP contribution < -0.4 is 5.73 Å². The van der Waals surface area contributed by atoms with Gasteiger partial charge in [-0.1, -0.05) is 32.0 Å². The molecule has 0 aliphatic carbocycles. The first-order valence-corrected chi connectivity index (χ1v) is 8.99. The van der Waals surface area contributed by atoms with E-state index in [0.717, 1.165) is 22.2 Å². The molecule has 6 heteroatoms. The van der Waals surface area contributed by atoms with E-state index in [-0.39, 0.29) is 12.4 Å². The van der Waals surface area contributed by atoms with Gasteiger partial charge in [-0.2, -0.15) is 0 Å². The highest BCUT2D eigenvalue weighted by Gasteiger charge is 2.19. The summed E-state index contributed by atoms with van der Waals surface area (Å²) < 4.78 is 7.40. The SMILES string of the molecule is CC.Cc1nc2c(N)nc3ccccc3c2n1CCC(=O)OC(C)(C)C. The molecule has 0 radical (unpaired) electrons. The highest BCUT2D eigenvalue weighted by atomic mass is 16.6. The van der Waals surface area contributed by atoms with Crippen LogP contribution >= 0.6 is 0 Å². The van der Waals surface area contributed by atoms with Gasteiger partial charge in [0.05, 0.1) is 17.5 Å². The number of carbonyl (C=O) groups is 1. The number of fused-ring (bicyclic) bond motifs is 3. The van der Waals surface area contributed by atoms with Crippen LogP contribution in [-0.2, 0) is 16.1 Å². The second kappa shape index (κ2) is 7.72. The lowest BCUT2D eigenvalue weighted by Gasteiger charge is -2.19. The average molecular weight is 356 g/mol. The zero-order valence-electron chi connectivity index (χ0n) is 16.5. The molecule has 26 heavy (non-hydrogen) atoms. The molecule has 0 unspecified atom stereocenters. The normalized spacial score (nSPS) is 11.3. The fourth-order valence-corrected chi connectivity index (χ4v) is 2.84. The van der Waals surface area contributed by atoms with Crippen molar-refractivity contribution in [3.8, 4) is 0 Å². The summed E-state index contributed by atoms with van der Waals surface area (Å²) in [7, 11) is 0. The van der Waals surface area contributed by atoms with E-state index in [9.17, 15) is 4.79 Å². The first-order chi connectivity index (χ1) is 12.3. The highest BCUT2D eigenvalue weighted by molar-refractivity contribution is 6.06. The van der Waals surface area contributed by atoms with Crippen molar-refractivity contribution in [2.75, 3.05) is 5.73 Å². The Morgan fingerprint density at radius 1 is 1.19 bits per heavy atom. The molecule has 0 amide bonds. The van der Waals surface area contributed by atoms with E-state index in [2.05, 4.69) is 9.97 Å². The Morgan fingerprint density at radius 3 is 2.50 bits per heavy atom. The van der Waals surface area contributed by atoms with Gasteiger partial charge in [-0.05, 0) is 33.8 Å². The van der Waals surface area contributed by atoms with Crippen molar-refractivity contribution in [3.63, 3.8) is 0 Å². The van der Waals surface area contributed by atoms with Crippen molar-refractivity contribution in [2.24, 2.45) is 0 Å². The van der Waals surface area contributed by atoms with Crippen LogP contribution in [0.5, 0.6) is 0 Å². The summed E-state index contributed by atoms with van der Waals surface area (Å²) in [5, 5.41) is 0.978. The van der Waals surface area contributed by atoms with Crippen LogP contribution in [0.4, 0.5) is 5.82 Å². The number of hydrogen-bond donors (Lipinski definition) is 1. The number of nitrogen functional groups attached to an aromatic ring is 1. The Hall–Kier alpha value is -2.63. The third-order valence-electron chi connectivity index (χ3n) is 3.76. The second-order valence-electron chi connectivity index (χ2n) is 6.86. The number of imidazole rings is 1. The molecule has 3 rings (SSSR count). The summed E-state index contributed by atoms with van der Waals surface area (Å²) >= 11 is 0. The molecule has 2 N–H and O–H groups in total. The molecule has 0 bridgehead atoms. The minimum atomic E-state index is -0.482. The molecule has 6 nitrogen and oxygen atoms in total. The van der Waals surface area contributed by atoms with Crippen molar-refractivity contribution in [2.45, 2.75) is 60.1 Å². The van der Waals surface area contributed by atoms with Gasteiger partial charge in [0.25, 0.3) is 0 Å². The Balaban J connectivity index is 0.00000117. The number of pyridine rings is 1. The lowest BCUT2D eigenvalue weighted by atomic mass is 10.2. The molecular formula is C20H28N4O2. The third kappa shape index (κ3) is 4.12. The van der Waals surface area contributed by atoms with Crippen LogP contribution in [0.2, 0.25) is 0 Å². The molecule has 1 aromatic carbocycles. The molecular weight excluding hydrogens is 328 g/mol. The van der Waals surface area contributed by atoms with Crippen molar-refractivity contribution in [1.82, 2.24) is 14.5 Å². The number of esters is 1. The van der Waals surface area contributed by atoms with Gasteiger partial charge in [0.15, 0.2) is 5.82 Å². The smallest absolute Gasteiger partial charge is 0.308 e. The molecule has 0 aliphatic rings. The molecule has 2 aromatic heterocycles. The second-order valence-corrected chi connectivity index (χ2v) is 6.86. The molecule has 0 aliphatic heterocycles. The molecule has 3 aromatic rings. The number of benzene rings is 1. The van der Waals surface area contributed by atoms with Gasteiger partial charge in [0, 0.05) is 11.9 Å². The van der Waals surface area contributed by atoms with Crippen LogP contribution in [-0.4, -0.2) is 26.1 Å². The summed E-state index contributed by atoms with van der Waals surface area (Å²) in [6.45, 7) is 12.0. The van der Waals surface area contributed by atoms with E-state index in [1.165, 1.54) is 0 Å². The lowest BCUT2D eigenvalue weighted by molar-refractivity contribution is -0.155. The number of anilines is 1. The summed E-state index contributed by atoms with van der Waals surface area (Å²) in [6, 6.07) is 7.80. The van der Waals surface area contributed by atoms with E-state index in [1.807, 2.05) is 70.4 Å².